The number of anilines is 1. The molecule has 0 radical (unpaired) electrons. The van der Waals surface area contributed by atoms with Crippen molar-refractivity contribution < 1.29 is 4.74 Å². The zero-order valence-corrected chi connectivity index (χ0v) is 10.5. The van der Waals surface area contributed by atoms with Crippen LogP contribution in [0, 0.1) is 0 Å². The van der Waals surface area contributed by atoms with Crippen molar-refractivity contribution in [3.8, 4) is 11.5 Å². The number of rotatable bonds is 3. The van der Waals surface area contributed by atoms with Gasteiger partial charge in [-0.05, 0) is 24.3 Å². The standard InChI is InChI=1S/C15H15N3O/c1-2-6-13(7-3-1)19-14-8-4-5-12(11-14)18-15-16-9-10-17-15/h1-8,11H,9-10H2,(H2,16,17,18). The quantitative estimate of drug-likeness (QED) is 0.884. The smallest absolute Gasteiger partial charge is 0.195 e. The Morgan fingerprint density at radius 1 is 1.00 bits per heavy atom. The van der Waals surface area contributed by atoms with E-state index >= 15 is 0 Å². The lowest BCUT2D eigenvalue weighted by Gasteiger charge is -2.09. The van der Waals surface area contributed by atoms with Gasteiger partial charge in [0.25, 0.3) is 0 Å². The van der Waals surface area contributed by atoms with Crippen LogP contribution in [0.15, 0.2) is 59.6 Å². The van der Waals surface area contributed by atoms with Crippen molar-refractivity contribution >= 4 is 11.6 Å². The Balaban J connectivity index is 1.72. The van der Waals surface area contributed by atoms with Crippen LogP contribution in [-0.4, -0.2) is 19.0 Å². The van der Waals surface area contributed by atoms with E-state index in [0.717, 1.165) is 36.2 Å². The van der Waals surface area contributed by atoms with Crippen LogP contribution in [0.1, 0.15) is 0 Å². The van der Waals surface area contributed by atoms with Crippen LogP contribution in [0.3, 0.4) is 0 Å². The zero-order valence-electron chi connectivity index (χ0n) is 10.5. The Kier molecular flexibility index (Phi) is 3.32. The molecule has 1 heterocycles. The highest BCUT2D eigenvalue weighted by atomic mass is 16.5. The highest BCUT2D eigenvalue weighted by Gasteiger charge is 2.05. The number of para-hydroxylation sites is 1. The number of nitrogens with one attached hydrogen (secondary N) is 2. The fourth-order valence-corrected chi connectivity index (χ4v) is 1.88. The Labute approximate surface area is 112 Å². The molecule has 0 unspecified atom stereocenters. The first-order valence-corrected chi connectivity index (χ1v) is 6.28. The van der Waals surface area contributed by atoms with Crippen LogP contribution in [0.5, 0.6) is 11.5 Å². The molecule has 0 bridgehead atoms. The van der Waals surface area contributed by atoms with Gasteiger partial charge in [-0.1, -0.05) is 24.3 Å². The van der Waals surface area contributed by atoms with Crippen LogP contribution in [-0.2, 0) is 0 Å². The maximum atomic E-state index is 5.78. The monoisotopic (exact) mass is 253 g/mol. The Hall–Kier alpha value is -2.49. The zero-order chi connectivity index (χ0) is 12.9. The van der Waals surface area contributed by atoms with Crippen molar-refractivity contribution in [3.63, 3.8) is 0 Å². The lowest BCUT2D eigenvalue weighted by Crippen LogP contribution is -2.26. The van der Waals surface area contributed by atoms with Gasteiger partial charge in [0.05, 0.1) is 6.54 Å². The molecule has 2 aromatic carbocycles. The van der Waals surface area contributed by atoms with Gasteiger partial charge in [0.15, 0.2) is 5.96 Å². The second-order valence-electron chi connectivity index (χ2n) is 4.23. The molecule has 0 aliphatic carbocycles. The molecule has 2 N–H and O–H groups in total. The molecule has 19 heavy (non-hydrogen) atoms. The van der Waals surface area contributed by atoms with Crippen molar-refractivity contribution in [2.24, 2.45) is 4.99 Å². The number of guanidine groups is 1. The van der Waals surface area contributed by atoms with Gasteiger partial charge in [0.2, 0.25) is 0 Å². The van der Waals surface area contributed by atoms with E-state index in [-0.39, 0.29) is 0 Å². The van der Waals surface area contributed by atoms with Crippen LogP contribution < -0.4 is 15.4 Å². The van der Waals surface area contributed by atoms with E-state index in [1.165, 1.54) is 0 Å². The van der Waals surface area contributed by atoms with Crippen molar-refractivity contribution in [1.29, 1.82) is 0 Å². The summed E-state index contributed by atoms with van der Waals surface area (Å²) < 4.78 is 5.78. The molecule has 0 atom stereocenters. The fourth-order valence-electron chi connectivity index (χ4n) is 1.88. The van der Waals surface area contributed by atoms with Gasteiger partial charge in [-0.15, -0.1) is 0 Å². The molecule has 4 nitrogen and oxygen atoms in total. The fraction of sp³-hybridized carbons (Fsp3) is 0.133. The van der Waals surface area contributed by atoms with Crippen LogP contribution in [0.2, 0.25) is 0 Å². The normalized spacial score (nSPS) is 13.6. The average molecular weight is 253 g/mol. The maximum Gasteiger partial charge on any atom is 0.195 e. The van der Waals surface area contributed by atoms with Gasteiger partial charge >= 0.3 is 0 Å². The van der Waals surface area contributed by atoms with Gasteiger partial charge < -0.3 is 15.4 Å². The second kappa shape index (κ2) is 5.44. The topological polar surface area (TPSA) is 45.6 Å². The molecule has 96 valence electrons. The minimum absolute atomic E-state index is 0.801. The van der Waals surface area contributed by atoms with Crippen molar-refractivity contribution in [2.45, 2.75) is 0 Å². The summed E-state index contributed by atoms with van der Waals surface area (Å²) in [7, 11) is 0. The summed E-state index contributed by atoms with van der Waals surface area (Å²) in [6.07, 6.45) is 0. The number of hydrogen-bond acceptors (Lipinski definition) is 4. The molecule has 0 saturated heterocycles. The molecule has 3 rings (SSSR count). The lowest BCUT2D eigenvalue weighted by molar-refractivity contribution is 0.483. The number of hydrogen-bond donors (Lipinski definition) is 2. The Morgan fingerprint density at radius 2 is 1.84 bits per heavy atom. The highest BCUT2D eigenvalue weighted by Crippen LogP contribution is 2.23. The number of aliphatic imine (C=N–C) groups is 1. The lowest BCUT2D eigenvalue weighted by atomic mass is 10.3. The minimum atomic E-state index is 0.801. The van der Waals surface area contributed by atoms with E-state index in [9.17, 15) is 0 Å². The first-order chi connectivity index (χ1) is 9.40. The van der Waals surface area contributed by atoms with Gasteiger partial charge in [-0.25, -0.2) is 0 Å². The van der Waals surface area contributed by atoms with Gasteiger partial charge in [-0.2, -0.15) is 0 Å². The molecular weight excluding hydrogens is 238 g/mol. The third-order valence-corrected chi connectivity index (χ3v) is 2.75. The SMILES string of the molecule is c1ccc(Oc2cccc(NC3=NCCN3)c2)cc1. The van der Waals surface area contributed by atoms with E-state index in [4.69, 9.17) is 4.74 Å². The summed E-state index contributed by atoms with van der Waals surface area (Å²) in [5, 5.41) is 6.40. The summed E-state index contributed by atoms with van der Waals surface area (Å²) in [5.74, 6) is 2.45. The molecule has 0 spiro atoms. The van der Waals surface area contributed by atoms with Crippen LogP contribution >= 0.6 is 0 Å². The first kappa shape index (κ1) is 11.6. The number of ether oxygens (including phenoxy) is 1. The first-order valence-electron chi connectivity index (χ1n) is 6.28. The second-order valence-corrected chi connectivity index (χ2v) is 4.23. The largest absolute Gasteiger partial charge is 0.457 e. The average Bonchev–Trinajstić information content (AvgIpc) is 2.93. The summed E-state index contributed by atoms with van der Waals surface area (Å²) in [4.78, 5) is 4.30. The van der Waals surface area contributed by atoms with Gasteiger partial charge in [0, 0.05) is 18.3 Å². The summed E-state index contributed by atoms with van der Waals surface area (Å²) in [6.45, 7) is 1.71. The van der Waals surface area contributed by atoms with Crippen LogP contribution in [0.25, 0.3) is 0 Å². The molecule has 0 aromatic heterocycles. The Morgan fingerprint density at radius 3 is 2.63 bits per heavy atom. The van der Waals surface area contributed by atoms with Crippen LogP contribution in [0.4, 0.5) is 5.69 Å². The summed E-state index contributed by atoms with van der Waals surface area (Å²) in [6, 6.07) is 17.6. The van der Waals surface area contributed by atoms with Gasteiger partial charge in [-0.3, -0.25) is 4.99 Å². The minimum Gasteiger partial charge on any atom is -0.457 e. The number of benzene rings is 2. The van der Waals surface area contributed by atoms with Crippen molar-refractivity contribution in [3.05, 3.63) is 54.6 Å². The molecule has 0 amide bonds. The molecule has 1 aliphatic rings. The molecular formula is C15H15N3O. The van der Waals surface area contributed by atoms with E-state index < -0.39 is 0 Å². The van der Waals surface area contributed by atoms with E-state index in [1.807, 2.05) is 54.6 Å². The van der Waals surface area contributed by atoms with Gasteiger partial charge in [0.1, 0.15) is 11.5 Å². The Bertz CT molecular complexity index is 581. The van der Waals surface area contributed by atoms with Crippen molar-refractivity contribution in [2.75, 3.05) is 18.4 Å². The summed E-state index contributed by atoms with van der Waals surface area (Å²) >= 11 is 0. The maximum absolute atomic E-state index is 5.78. The third-order valence-electron chi connectivity index (χ3n) is 2.75. The van der Waals surface area contributed by atoms with E-state index in [2.05, 4.69) is 15.6 Å². The molecule has 4 heteroatoms. The highest BCUT2D eigenvalue weighted by molar-refractivity contribution is 5.94. The van der Waals surface area contributed by atoms with Crippen molar-refractivity contribution in [1.82, 2.24) is 5.32 Å². The summed E-state index contributed by atoms with van der Waals surface area (Å²) in [5.41, 5.74) is 0.960. The molecule has 0 saturated carbocycles. The molecule has 0 fully saturated rings. The predicted octanol–water partition coefficient (Wildman–Crippen LogP) is 2.85. The third kappa shape index (κ3) is 3.04. The predicted molar refractivity (Wildman–Crippen MR) is 76.9 cm³/mol. The van der Waals surface area contributed by atoms with E-state index in [0.29, 0.717) is 0 Å². The van der Waals surface area contributed by atoms with E-state index in [1.54, 1.807) is 0 Å². The molecule has 1 aliphatic heterocycles. The number of nitrogens with zero attached hydrogens (tertiary/aromatic N) is 1. The molecule has 2 aromatic rings.